The minimum absolute atomic E-state index is 0.0367. The van der Waals surface area contributed by atoms with Crippen molar-refractivity contribution >= 4 is 0 Å². The van der Waals surface area contributed by atoms with Gasteiger partial charge in [0, 0.05) is 5.56 Å². The van der Waals surface area contributed by atoms with Crippen LogP contribution in [0.4, 0.5) is 4.39 Å². The second-order valence-electron chi connectivity index (χ2n) is 4.47. The molecule has 2 rings (SSSR count). The van der Waals surface area contributed by atoms with Crippen molar-refractivity contribution in [3.63, 3.8) is 0 Å². The van der Waals surface area contributed by atoms with Crippen LogP contribution < -0.4 is 0 Å². The van der Waals surface area contributed by atoms with E-state index in [1.807, 2.05) is 6.07 Å². The summed E-state index contributed by atoms with van der Waals surface area (Å²) in [4.78, 5) is 0. The zero-order chi connectivity index (χ0) is 15.5. The maximum atomic E-state index is 13.8. The second kappa shape index (κ2) is 5.49. The molecule has 0 saturated heterocycles. The molecule has 1 aromatic rings. The Labute approximate surface area is 121 Å². The third-order valence-electron chi connectivity index (χ3n) is 3.47. The molecule has 1 aliphatic rings. The molecule has 1 aromatic carbocycles. The molecule has 102 valence electrons. The second-order valence-corrected chi connectivity index (χ2v) is 4.47. The van der Waals surface area contributed by atoms with Gasteiger partial charge in [-0.2, -0.15) is 15.8 Å². The van der Waals surface area contributed by atoms with Gasteiger partial charge in [0.05, 0.1) is 5.57 Å². The monoisotopic (exact) mass is 279 g/mol. The SMILES string of the molecule is CC1=C(C#N)C(=C(C#N)C#N)OC1(CF)c1ccccc1. The molecule has 1 atom stereocenters. The number of nitriles is 3. The average molecular weight is 279 g/mol. The van der Waals surface area contributed by atoms with E-state index in [1.54, 1.807) is 49.4 Å². The summed E-state index contributed by atoms with van der Waals surface area (Å²) < 4.78 is 19.4. The number of benzene rings is 1. The van der Waals surface area contributed by atoms with Crippen molar-refractivity contribution in [2.24, 2.45) is 0 Å². The van der Waals surface area contributed by atoms with Gasteiger partial charge in [0.25, 0.3) is 0 Å². The summed E-state index contributed by atoms with van der Waals surface area (Å²) in [7, 11) is 0. The number of rotatable bonds is 2. The lowest BCUT2D eigenvalue weighted by Gasteiger charge is -2.28. The van der Waals surface area contributed by atoms with Gasteiger partial charge < -0.3 is 4.74 Å². The highest BCUT2D eigenvalue weighted by molar-refractivity contribution is 5.59. The fourth-order valence-electron chi connectivity index (χ4n) is 2.30. The van der Waals surface area contributed by atoms with Gasteiger partial charge in [-0.1, -0.05) is 30.3 Å². The summed E-state index contributed by atoms with van der Waals surface area (Å²) in [6, 6.07) is 13.9. The lowest BCUT2D eigenvalue weighted by Crippen LogP contribution is -2.30. The van der Waals surface area contributed by atoms with Gasteiger partial charge in [-0.3, -0.25) is 0 Å². The molecule has 0 N–H and O–H groups in total. The quantitative estimate of drug-likeness (QED) is 0.779. The van der Waals surface area contributed by atoms with Crippen LogP contribution in [0.1, 0.15) is 12.5 Å². The van der Waals surface area contributed by atoms with Crippen LogP contribution in [-0.4, -0.2) is 6.67 Å². The molecule has 1 unspecified atom stereocenters. The van der Waals surface area contributed by atoms with Gasteiger partial charge in [-0.05, 0) is 12.5 Å². The molecule has 0 fully saturated rings. The Bertz CT molecular complexity index is 743. The molecule has 0 aromatic heterocycles. The summed E-state index contributed by atoms with van der Waals surface area (Å²) in [6.45, 7) is 0.673. The van der Waals surface area contributed by atoms with Crippen LogP contribution in [-0.2, 0) is 10.3 Å². The summed E-state index contributed by atoms with van der Waals surface area (Å²) in [5.41, 5.74) is -0.868. The van der Waals surface area contributed by atoms with Crippen molar-refractivity contribution in [2.45, 2.75) is 12.5 Å². The fraction of sp³-hybridized carbons (Fsp3) is 0.188. The predicted octanol–water partition coefficient (Wildman–Crippen LogP) is 3.02. The number of halogens is 1. The zero-order valence-electron chi connectivity index (χ0n) is 11.2. The van der Waals surface area contributed by atoms with Crippen LogP contribution in [0.15, 0.2) is 52.8 Å². The van der Waals surface area contributed by atoms with E-state index in [1.165, 1.54) is 0 Å². The van der Waals surface area contributed by atoms with E-state index >= 15 is 0 Å². The van der Waals surface area contributed by atoms with E-state index in [0.717, 1.165) is 0 Å². The number of ether oxygens (including phenoxy) is 1. The van der Waals surface area contributed by atoms with Gasteiger partial charge in [-0.15, -0.1) is 0 Å². The van der Waals surface area contributed by atoms with Gasteiger partial charge >= 0.3 is 0 Å². The molecule has 0 amide bonds. The summed E-state index contributed by atoms with van der Waals surface area (Å²) in [5, 5.41) is 27.2. The van der Waals surface area contributed by atoms with Gasteiger partial charge in [0.15, 0.2) is 16.9 Å². The standard InChI is InChI=1S/C16H10FN3O/c1-11-14(9-20)15(12(7-18)8-19)21-16(11,10-17)13-5-3-2-4-6-13/h2-6H,10H2,1H3. The van der Waals surface area contributed by atoms with E-state index in [-0.39, 0.29) is 16.9 Å². The van der Waals surface area contributed by atoms with Crippen molar-refractivity contribution in [3.8, 4) is 18.2 Å². The Morgan fingerprint density at radius 3 is 2.29 bits per heavy atom. The zero-order valence-corrected chi connectivity index (χ0v) is 11.2. The maximum Gasteiger partial charge on any atom is 0.185 e. The Balaban J connectivity index is 2.73. The smallest absolute Gasteiger partial charge is 0.185 e. The highest BCUT2D eigenvalue weighted by atomic mass is 19.1. The van der Waals surface area contributed by atoms with E-state index < -0.39 is 12.3 Å². The molecule has 0 bridgehead atoms. The Kier molecular flexibility index (Phi) is 3.74. The highest BCUT2D eigenvalue weighted by Gasteiger charge is 2.46. The van der Waals surface area contributed by atoms with Crippen molar-refractivity contribution < 1.29 is 9.13 Å². The van der Waals surface area contributed by atoms with Crippen molar-refractivity contribution in [2.75, 3.05) is 6.67 Å². The van der Waals surface area contributed by atoms with Crippen molar-refractivity contribution in [3.05, 3.63) is 58.4 Å². The minimum Gasteiger partial charge on any atom is -0.472 e. The Morgan fingerprint density at radius 1 is 1.19 bits per heavy atom. The molecule has 0 aliphatic carbocycles. The average Bonchev–Trinajstić information content (AvgIpc) is 2.82. The number of alkyl halides is 1. The summed E-state index contributed by atoms with van der Waals surface area (Å²) >= 11 is 0. The molecule has 5 heteroatoms. The highest BCUT2D eigenvalue weighted by Crippen LogP contribution is 2.46. The van der Waals surface area contributed by atoms with Gasteiger partial charge in [-0.25, -0.2) is 4.39 Å². The number of hydrogen-bond acceptors (Lipinski definition) is 4. The molecule has 1 heterocycles. The molecule has 21 heavy (non-hydrogen) atoms. The first kappa shape index (κ1) is 14.3. The van der Waals surface area contributed by atoms with Crippen LogP contribution in [0.25, 0.3) is 0 Å². The van der Waals surface area contributed by atoms with Gasteiger partial charge in [0.2, 0.25) is 0 Å². The fourth-order valence-corrected chi connectivity index (χ4v) is 2.30. The Morgan fingerprint density at radius 2 is 1.81 bits per heavy atom. The lowest BCUT2D eigenvalue weighted by molar-refractivity contribution is 0.0302. The third-order valence-corrected chi connectivity index (χ3v) is 3.47. The van der Waals surface area contributed by atoms with E-state index in [0.29, 0.717) is 11.1 Å². The summed E-state index contributed by atoms with van der Waals surface area (Å²) in [6.07, 6.45) is 0. The van der Waals surface area contributed by atoms with Gasteiger partial charge in [0.1, 0.15) is 24.9 Å². The number of nitrogens with zero attached hydrogens (tertiary/aromatic N) is 3. The maximum absolute atomic E-state index is 13.8. The van der Waals surface area contributed by atoms with E-state index in [2.05, 4.69) is 0 Å². The first-order valence-corrected chi connectivity index (χ1v) is 6.11. The molecule has 0 radical (unpaired) electrons. The number of allylic oxidation sites excluding steroid dienone is 2. The van der Waals surface area contributed by atoms with Crippen LogP contribution in [0.2, 0.25) is 0 Å². The number of hydrogen-bond donors (Lipinski definition) is 0. The van der Waals surface area contributed by atoms with Crippen LogP contribution >= 0.6 is 0 Å². The van der Waals surface area contributed by atoms with Crippen LogP contribution in [0.3, 0.4) is 0 Å². The normalized spacial score (nSPS) is 20.2. The topological polar surface area (TPSA) is 80.6 Å². The van der Waals surface area contributed by atoms with Crippen LogP contribution in [0.5, 0.6) is 0 Å². The third kappa shape index (κ3) is 2.04. The van der Waals surface area contributed by atoms with Crippen molar-refractivity contribution in [1.29, 1.82) is 15.8 Å². The predicted molar refractivity (Wildman–Crippen MR) is 71.7 cm³/mol. The Hall–Kier alpha value is -3.10. The largest absolute Gasteiger partial charge is 0.472 e. The molecular weight excluding hydrogens is 269 g/mol. The molecule has 4 nitrogen and oxygen atoms in total. The molecule has 0 saturated carbocycles. The molecule has 0 spiro atoms. The first-order chi connectivity index (χ1) is 10.1. The molecule has 1 aliphatic heterocycles. The van der Waals surface area contributed by atoms with E-state index in [4.69, 9.17) is 15.3 Å². The minimum atomic E-state index is -1.46. The summed E-state index contributed by atoms with van der Waals surface area (Å²) in [5.74, 6) is -0.151. The first-order valence-electron chi connectivity index (χ1n) is 6.11. The van der Waals surface area contributed by atoms with Crippen molar-refractivity contribution in [1.82, 2.24) is 0 Å². The van der Waals surface area contributed by atoms with E-state index in [9.17, 15) is 9.65 Å². The lowest BCUT2D eigenvalue weighted by atomic mass is 9.87. The van der Waals surface area contributed by atoms with Crippen LogP contribution in [0, 0.1) is 34.0 Å². The molecular formula is C16H10FN3O.